The number of nitrogens with zero attached hydrogens (tertiary/aromatic N) is 4. The second-order valence-corrected chi connectivity index (χ2v) is 6.47. The van der Waals surface area contributed by atoms with Crippen molar-refractivity contribution in [2.45, 2.75) is 6.92 Å². The van der Waals surface area contributed by atoms with Crippen LogP contribution in [0.15, 0.2) is 53.5 Å². The average Bonchev–Trinajstić information content (AvgIpc) is 2.69. The van der Waals surface area contributed by atoms with E-state index in [1.165, 1.54) is 10.1 Å². The van der Waals surface area contributed by atoms with Crippen molar-refractivity contribution in [2.75, 3.05) is 36.0 Å². The first-order chi connectivity index (χ1) is 12.7. The quantitative estimate of drug-likeness (QED) is 0.679. The van der Waals surface area contributed by atoms with Crippen molar-refractivity contribution in [2.24, 2.45) is 0 Å². The zero-order chi connectivity index (χ0) is 18.1. The highest BCUT2D eigenvalue weighted by molar-refractivity contribution is 5.83. The summed E-state index contributed by atoms with van der Waals surface area (Å²) in [5.41, 5.74) is 2.51. The lowest BCUT2D eigenvalue weighted by atomic mass is 10.2. The first-order valence-corrected chi connectivity index (χ1v) is 8.71. The molecule has 3 aromatic rings. The Morgan fingerprint density at radius 1 is 0.962 bits per heavy atom. The number of aromatic nitrogens is 2. The molecule has 2 aromatic heterocycles. The van der Waals surface area contributed by atoms with E-state index in [0.717, 1.165) is 18.7 Å². The second-order valence-electron chi connectivity index (χ2n) is 6.47. The molecule has 6 nitrogen and oxygen atoms in total. The summed E-state index contributed by atoms with van der Waals surface area (Å²) in [5, 5.41) is 0. The van der Waals surface area contributed by atoms with Gasteiger partial charge < -0.3 is 9.80 Å². The van der Waals surface area contributed by atoms with Crippen LogP contribution in [-0.4, -0.2) is 41.8 Å². The van der Waals surface area contributed by atoms with Crippen molar-refractivity contribution in [1.82, 2.24) is 9.38 Å². The van der Waals surface area contributed by atoms with Crippen LogP contribution in [0.1, 0.15) is 15.9 Å². The fourth-order valence-electron chi connectivity index (χ4n) is 3.46. The monoisotopic (exact) mass is 348 g/mol. The summed E-state index contributed by atoms with van der Waals surface area (Å²) in [7, 11) is 0. The standard InChI is InChI=1S/C20H20N4O2/c1-15-6-5-9-24-18(15)21-19(17(14-25)20(24)26)23-12-10-22(11-13-23)16-7-3-2-4-8-16/h2-9,14H,10-13H2,1H3. The molecule has 1 aliphatic heterocycles. The van der Waals surface area contributed by atoms with Gasteiger partial charge in [0.1, 0.15) is 17.0 Å². The molecule has 26 heavy (non-hydrogen) atoms. The number of hydrogen-bond acceptors (Lipinski definition) is 5. The van der Waals surface area contributed by atoms with Crippen LogP contribution in [0.4, 0.5) is 11.5 Å². The van der Waals surface area contributed by atoms with Gasteiger partial charge in [0.25, 0.3) is 5.56 Å². The van der Waals surface area contributed by atoms with Gasteiger partial charge in [-0.2, -0.15) is 0 Å². The minimum atomic E-state index is -0.311. The summed E-state index contributed by atoms with van der Waals surface area (Å²) in [4.78, 5) is 33.3. The maximum Gasteiger partial charge on any atom is 0.270 e. The third-order valence-corrected chi connectivity index (χ3v) is 4.88. The number of aryl methyl sites for hydroxylation is 1. The summed E-state index contributed by atoms with van der Waals surface area (Å²) in [5.74, 6) is 0.493. The number of fused-ring (bicyclic) bond motifs is 1. The normalized spacial score (nSPS) is 14.7. The first-order valence-electron chi connectivity index (χ1n) is 8.71. The largest absolute Gasteiger partial charge is 0.368 e. The minimum Gasteiger partial charge on any atom is -0.368 e. The van der Waals surface area contributed by atoms with Crippen LogP contribution in [0.3, 0.4) is 0 Å². The van der Waals surface area contributed by atoms with Crippen LogP contribution in [0.2, 0.25) is 0 Å². The average molecular weight is 348 g/mol. The van der Waals surface area contributed by atoms with E-state index in [2.05, 4.69) is 22.0 Å². The van der Waals surface area contributed by atoms with E-state index in [-0.39, 0.29) is 11.1 Å². The number of anilines is 2. The maximum atomic E-state index is 12.7. The molecule has 0 atom stereocenters. The Labute approximate surface area is 151 Å². The molecule has 0 saturated carbocycles. The lowest BCUT2D eigenvalue weighted by Crippen LogP contribution is -2.47. The van der Waals surface area contributed by atoms with E-state index in [9.17, 15) is 9.59 Å². The second kappa shape index (κ2) is 6.63. The van der Waals surface area contributed by atoms with Crippen molar-refractivity contribution in [3.8, 4) is 0 Å². The van der Waals surface area contributed by atoms with Gasteiger partial charge in [0.2, 0.25) is 0 Å². The summed E-state index contributed by atoms with van der Waals surface area (Å²) in [6.45, 7) is 4.97. The van der Waals surface area contributed by atoms with Crippen LogP contribution in [0.25, 0.3) is 5.65 Å². The predicted octanol–water partition coefficient (Wildman–Crippen LogP) is 2.14. The van der Waals surface area contributed by atoms with Crippen LogP contribution in [-0.2, 0) is 0 Å². The van der Waals surface area contributed by atoms with Gasteiger partial charge >= 0.3 is 0 Å². The zero-order valence-corrected chi connectivity index (χ0v) is 14.6. The lowest BCUT2D eigenvalue weighted by Gasteiger charge is -2.37. The van der Waals surface area contributed by atoms with E-state index in [0.29, 0.717) is 30.8 Å². The molecule has 0 bridgehead atoms. The molecule has 0 amide bonds. The smallest absolute Gasteiger partial charge is 0.270 e. The van der Waals surface area contributed by atoms with Crippen molar-refractivity contribution >= 4 is 23.4 Å². The fourth-order valence-corrected chi connectivity index (χ4v) is 3.46. The molecular formula is C20H20N4O2. The topological polar surface area (TPSA) is 57.9 Å². The van der Waals surface area contributed by atoms with Gasteiger partial charge in [-0.15, -0.1) is 0 Å². The summed E-state index contributed by atoms with van der Waals surface area (Å²) < 4.78 is 1.45. The van der Waals surface area contributed by atoms with Crippen LogP contribution in [0, 0.1) is 6.92 Å². The predicted molar refractivity (Wildman–Crippen MR) is 102 cm³/mol. The van der Waals surface area contributed by atoms with E-state index in [1.807, 2.05) is 36.1 Å². The van der Waals surface area contributed by atoms with Crippen LogP contribution in [0.5, 0.6) is 0 Å². The highest BCUT2D eigenvalue weighted by Crippen LogP contribution is 2.21. The molecule has 132 valence electrons. The highest BCUT2D eigenvalue weighted by Gasteiger charge is 2.23. The van der Waals surface area contributed by atoms with Crippen molar-refractivity contribution in [1.29, 1.82) is 0 Å². The molecule has 1 aliphatic rings. The molecule has 1 aromatic carbocycles. The van der Waals surface area contributed by atoms with Gasteiger partial charge in [-0.05, 0) is 30.7 Å². The molecule has 0 aliphatic carbocycles. The van der Waals surface area contributed by atoms with E-state index >= 15 is 0 Å². The number of rotatable bonds is 3. The van der Waals surface area contributed by atoms with Gasteiger partial charge in [0, 0.05) is 38.1 Å². The SMILES string of the molecule is Cc1cccn2c(=O)c(C=O)c(N3CCN(c4ccccc4)CC3)nc12. The summed E-state index contributed by atoms with van der Waals surface area (Å²) in [6.07, 6.45) is 2.28. The van der Waals surface area contributed by atoms with Crippen molar-refractivity contribution in [3.63, 3.8) is 0 Å². The van der Waals surface area contributed by atoms with Gasteiger partial charge in [0.15, 0.2) is 6.29 Å². The van der Waals surface area contributed by atoms with Gasteiger partial charge in [-0.1, -0.05) is 24.3 Å². The number of carbonyl (C=O) groups excluding carboxylic acids is 1. The van der Waals surface area contributed by atoms with Gasteiger partial charge in [-0.25, -0.2) is 4.98 Å². The van der Waals surface area contributed by atoms with Crippen molar-refractivity contribution < 1.29 is 4.79 Å². The summed E-state index contributed by atoms with van der Waals surface area (Å²) in [6, 6.07) is 14.0. The van der Waals surface area contributed by atoms with Gasteiger partial charge in [-0.3, -0.25) is 14.0 Å². The molecule has 4 rings (SSSR count). The third kappa shape index (κ3) is 2.73. The number of piperazine rings is 1. The maximum absolute atomic E-state index is 12.7. The first kappa shape index (κ1) is 16.3. The third-order valence-electron chi connectivity index (χ3n) is 4.88. The molecule has 3 heterocycles. The minimum absolute atomic E-state index is 0.126. The number of hydrogen-bond donors (Lipinski definition) is 0. The Balaban J connectivity index is 1.68. The Morgan fingerprint density at radius 2 is 1.65 bits per heavy atom. The molecule has 6 heteroatoms. The van der Waals surface area contributed by atoms with Crippen molar-refractivity contribution in [3.05, 3.63) is 70.1 Å². The molecule has 0 radical (unpaired) electrons. The number of benzene rings is 1. The highest BCUT2D eigenvalue weighted by atomic mass is 16.1. The number of para-hydroxylation sites is 1. The zero-order valence-electron chi connectivity index (χ0n) is 14.6. The molecular weight excluding hydrogens is 328 g/mol. The van der Waals surface area contributed by atoms with E-state index in [4.69, 9.17) is 0 Å². The molecule has 0 unspecified atom stereocenters. The summed E-state index contributed by atoms with van der Waals surface area (Å²) >= 11 is 0. The molecule has 0 spiro atoms. The fraction of sp³-hybridized carbons (Fsp3) is 0.250. The van der Waals surface area contributed by atoms with Crippen LogP contribution >= 0.6 is 0 Å². The number of carbonyl (C=O) groups is 1. The molecule has 1 saturated heterocycles. The Morgan fingerprint density at radius 3 is 2.35 bits per heavy atom. The molecule has 0 N–H and O–H groups in total. The molecule has 1 fully saturated rings. The van der Waals surface area contributed by atoms with Crippen LogP contribution < -0.4 is 15.4 Å². The van der Waals surface area contributed by atoms with Gasteiger partial charge in [0.05, 0.1) is 0 Å². The number of aldehydes is 1. The number of pyridine rings is 1. The lowest BCUT2D eigenvalue weighted by molar-refractivity contribution is 0.112. The Kier molecular flexibility index (Phi) is 4.16. The van der Waals surface area contributed by atoms with E-state index in [1.54, 1.807) is 12.3 Å². The van der Waals surface area contributed by atoms with E-state index < -0.39 is 0 Å². The Hall–Kier alpha value is -3.15. The Bertz CT molecular complexity index is 1010.